The number of rotatable bonds is 5. The molecule has 1 heterocycles. The fraction of sp³-hybridized carbons (Fsp3) is 0.692. The summed E-state index contributed by atoms with van der Waals surface area (Å²) in [4.78, 5) is 1.21. The van der Waals surface area contributed by atoms with Gasteiger partial charge in [0.2, 0.25) is 10.0 Å². The molecule has 19 heavy (non-hydrogen) atoms. The molecule has 1 saturated carbocycles. The molecule has 1 fully saturated rings. The van der Waals surface area contributed by atoms with Gasteiger partial charge in [-0.15, -0.1) is 22.9 Å². The lowest BCUT2D eigenvalue weighted by molar-refractivity contribution is 0.335. The van der Waals surface area contributed by atoms with E-state index in [9.17, 15) is 8.42 Å². The predicted octanol–water partition coefficient (Wildman–Crippen LogP) is 3.75. The van der Waals surface area contributed by atoms with Crippen LogP contribution < -0.4 is 0 Å². The summed E-state index contributed by atoms with van der Waals surface area (Å²) in [6, 6.07) is 0.164. The molecule has 0 atom stereocenters. The van der Waals surface area contributed by atoms with Crippen molar-refractivity contribution in [2.45, 2.75) is 56.3 Å². The van der Waals surface area contributed by atoms with Crippen molar-refractivity contribution in [2.24, 2.45) is 0 Å². The van der Waals surface area contributed by atoms with E-state index >= 15 is 0 Å². The number of halogens is 1. The standard InChI is InChI=1S/C13H20ClNO2S2/c1-3-15(11-6-4-5-7-11)19(16,17)13-10(2)9-18-12(13)8-14/h9,11H,3-8H2,1-2H3. The molecule has 0 bridgehead atoms. The molecule has 0 saturated heterocycles. The van der Waals surface area contributed by atoms with Crippen LogP contribution in [-0.4, -0.2) is 25.3 Å². The molecule has 1 aliphatic rings. The van der Waals surface area contributed by atoms with E-state index in [0.29, 0.717) is 11.4 Å². The molecule has 1 aromatic rings. The zero-order valence-electron chi connectivity index (χ0n) is 11.4. The first-order chi connectivity index (χ1) is 9.02. The van der Waals surface area contributed by atoms with Crippen molar-refractivity contribution in [3.05, 3.63) is 15.8 Å². The summed E-state index contributed by atoms with van der Waals surface area (Å²) in [7, 11) is -3.41. The summed E-state index contributed by atoms with van der Waals surface area (Å²) in [5.41, 5.74) is 0.817. The van der Waals surface area contributed by atoms with Crippen LogP contribution in [0.1, 0.15) is 43.0 Å². The van der Waals surface area contributed by atoms with Crippen molar-refractivity contribution in [1.29, 1.82) is 0 Å². The third kappa shape index (κ3) is 2.84. The molecule has 0 aliphatic heterocycles. The maximum Gasteiger partial charge on any atom is 0.244 e. The zero-order valence-corrected chi connectivity index (χ0v) is 13.7. The molecule has 0 unspecified atom stereocenters. The summed E-state index contributed by atoms with van der Waals surface area (Å²) in [5.74, 6) is 0.259. The van der Waals surface area contributed by atoms with E-state index in [0.717, 1.165) is 36.1 Å². The molecule has 2 rings (SSSR count). The highest BCUT2D eigenvalue weighted by atomic mass is 35.5. The second-order valence-electron chi connectivity index (χ2n) is 4.95. The van der Waals surface area contributed by atoms with Crippen LogP contribution in [0.3, 0.4) is 0 Å². The van der Waals surface area contributed by atoms with Gasteiger partial charge in [-0.2, -0.15) is 4.31 Å². The van der Waals surface area contributed by atoms with Gasteiger partial charge in [-0.3, -0.25) is 0 Å². The van der Waals surface area contributed by atoms with Gasteiger partial charge in [0.25, 0.3) is 0 Å². The van der Waals surface area contributed by atoms with Crippen molar-refractivity contribution >= 4 is 33.0 Å². The van der Waals surface area contributed by atoms with E-state index in [1.807, 2.05) is 19.2 Å². The second-order valence-corrected chi connectivity index (χ2v) is 8.01. The van der Waals surface area contributed by atoms with Gasteiger partial charge in [0.1, 0.15) is 4.90 Å². The van der Waals surface area contributed by atoms with Crippen molar-refractivity contribution in [3.8, 4) is 0 Å². The Morgan fingerprint density at radius 2 is 2.05 bits per heavy atom. The van der Waals surface area contributed by atoms with E-state index in [1.165, 1.54) is 11.3 Å². The quantitative estimate of drug-likeness (QED) is 0.775. The van der Waals surface area contributed by atoms with Gasteiger partial charge in [0.05, 0.1) is 5.88 Å². The van der Waals surface area contributed by atoms with Crippen LogP contribution in [0.5, 0.6) is 0 Å². The Hall–Kier alpha value is -0.100. The van der Waals surface area contributed by atoms with E-state index < -0.39 is 10.0 Å². The first-order valence-electron chi connectivity index (χ1n) is 6.67. The Labute approximate surface area is 124 Å². The van der Waals surface area contributed by atoms with Crippen LogP contribution in [-0.2, 0) is 15.9 Å². The highest BCUT2D eigenvalue weighted by Crippen LogP contribution is 2.34. The Balaban J connectivity index is 2.42. The lowest BCUT2D eigenvalue weighted by Crippen LogP contribution is -2.39. The molecule has 0 radical (unpaired) electrons. The number of aryl methyl sites for hydroxylation is 1. The molecule has 0 aromatic carbocycles. The van der Waals surface area contributed by atoms with Gasteiger partial charge in [-0.1, -0.05) is 19.8 Å². The molecular weight excluding hydrogens is 302 g/mol. The van der Waals surface area contributed by atoms with Gasteiger partial charge in [0, 0.05) is 17.5 Å². The predicted molar refractivity (Wildman–Crippen MR) is 80.4 cm³/mol. The summed E-state index contributed by atoms with van der Waals surface area (Å²) in [5, 5.41) is 1.88. The Morgan fingerprint density at radius 3 is 2.58 bits per heavy atom. The molecule has 0 N–H and O–H groups in total. The number of nitrogens with zero attached hydrogens (tertiary/aromatic N) is 1. The fourth-order valence-electron chi connectivity index (χ4n) is 2.86. The SMILES string of the molecule is CCN(C1CCCC1)S(=O)(=O)c1c(C)csc1CCl. The van der Waals surface area contributed by atoms with Gasteiger partial charge in [0.15, 0.2) is 0 Å². The maximum atomic E-state index is 12.9. The average molecular weight is 322 g/mol. The number of sulfonamides is 1. The largest absolute Gasteiger partial charge is 0.244 e. The maximum absolute atomic E-state index is 12.9. The highest BCUT2D eigenvalue weighted by molar-refractivity contribution is 7.89. The minimum absolute atomic E-state index is 0.164. The number of alkyl halides is 1. The van der Waals surface area contributed by atoms with Gasteiger partial charge >= 0.3 is 0 Å². The van der Waals surface area contributed by atoms with Crippen LogP contribution in [0.2, 0.25) is 0 Å². The highest BCUT2D eigenvalue weighted by Gasteiger charge is 2.34. The minimum Gasteiger partial charge on any atom is -0.207 e. The van der Waals surface area contributed by atoms with Crippen molar-refractivity contribution < 1.29 is 8.42 Å². The minimum atomic E-state index is -3.41. The van der Waals surface area contributed by atoms with Gasteiger partial charge < -0.3 is 0 Å². The normalized spacial score (nSPS) is 17.5. The number of thiophene rings is 1. The summed E-state index contributed by atoms with van der Waals surface area (Å²) < 4.78 is 27.4. The Morgan fingerprint density at radius 1 is 1.42 bits per heavy atom. The third-order valence-electron chi connectivity index (χ3n) is 3.72. The molecule has 6 heteroatoms. The van der Waals surface area contributed by atoms with Crippen LogP contribution in [0, 0.1) is 6.92 Å². The zero-order chi connectivity index (χ0) is 14.0. The van der Waals surface area contributed by atoms with E-state index in [2.05, 4.69) is 0 Å². The van der Waals surface area contributed by atoms with Crippen LogP contribution in [0.25, 0.3) is 0 Å². The van der Waals surface area contributed by atoms with Crippen LogP contribution in [0.4, 0.5) is 0 Å². The first kappa shape index (κ1) is 15.3. The lowest BCUT2D eigenvalue weighted by Gasteiger charge is -2.27. The molecule has 3 nitrogen and oxygen atoms in total. The molecular formula is C13H20ClNO2S2. The third-order valence-corrected chi connectivity index (χ3v) is 7.64. The topological polar surface area (TPSA) is 37.4 Å². The van der Waals surface area contributed by atoms with E-state index in [1.54, 1.807) is 4.31 Å². The summed E-state index contributed by atoms with van der Waals surface area (Å²) in [6.45, 7) is 4.30. The molecule has 108 valence electrons. The van der Waals surface area contributed by atoms with Gasteiger partial charge in [-0.05, 0) is 30.7 Å². The molecule has 0 spiro atoms. The van der Waals surface area contributed by atoms with Crippen molar-refractivity contribution in [2.75, 3.05) is 6.54 Å². The Kier molecular flexibility index (Phi) is 4.93. The molecule has 0 amide bonds. The van der Waals surface area contributed by atoms with Crippen LogP contribution in [0.15, 0.2) is 10.3 Å². The Bertz CT molecular complexity index is 533. The summed E-state index contributed by atoms with van der Waals surface area (Å²) >= 11 is 7.32. The van der Waals surface area contributed by atoms with Crippen molar-refractivity contribution in [3.63, 3.8) is 0 Å². The second kappa shape index (κ2) is 6.12. The number of hydrogen-bond acceptors (Lipinski definition) is 3. The number of hydrogen-bond donors (Lipinski definition) is 0. The van der Waals surface area contributed by atoms with Crippen molar-refractivity contribution in [1.82, 2.24) is 4.31 Å². The average Bonchev–Trinajstić information content (AvgIpc) is 2.99. The fourth-order valence-corrected chi connectivity index (χ4v) is 6.57. The lowest BCUT2D eigenvalue weighted by atomic mass is 10.2. The first-order valence-corrected chi connectivity index (χ1v) is 9.52. The monoisotopic (exact) mass is 321 g/mol. The summed E-state index contributed by atoms with van der Waals surface area (Å²) in [6.07, 6.45) is 4.21. The van der Waals surface area contributed by atoms with E-state index in [-0.39, 0.29) is 11.9 Å². The van der Waals surface area contributed by atoms with Crippen LogP contribution >= 0.6 is 22.9 Å². The molecule has 1 aliphatic carbocycles. The smallest absolute Gasteiger partial charge is 0.207 e. The van der Waals surface area contributed by atoms with Gasteiger partial charge in [-0.25, -0.2) is 8.42 Å². The van der Waals surface area contributed by atoms with E-state index in [4.69, 9.17) is 11.6 Å². The molecule has 1 aromatic heterocycles.